The van der Waals surface area contributed by atoms with Gasteiger partial charge in [-0.2, -0.15) is 10.2 Å². The Bertz CT molecular complexity index is 1220. The number of hydrogen-bond donors (Lipinski definition) is 2. The smallest absolute Gasteiger partial charge is 0.338 e. The quantitative estimate of drug-likeness (QED) is 0.533. The molecule has 0 saturated heterocycles. The van der Waals surface area contributed by atoms with Crippen molar-refractivity contribution < 1.29 is 9.90 Å². The maximum absolute atomic E-state index is 12.8. The number of nitrogens with zero attached hydrogens (tertiary/aromatic N) is 5. The third-order valence-corrected chi connectivity index (χ3v) is 4.68. The molecule has 0 amide bonds. The summed E-state index contributed by atoms with van der Waals surface area (Å²) in [4.78, 5) is 30.8. The number of aromatic amines is 1. The molecule has 9 nitrogen and oxygen atoms in total. The van der Waals surface area contributed by atoms with Gasteiger partial charge in [-0.1, -0.05) is 30.7 Å². The number of rotatable bonds is 5. The molecule has 1 atom stereocenters. The Morgan fingerprint density at radius 3 is 2.64 bits per heavy atom. The summed E-state index contributed by atoms with van der Waals surface area (Å²) in [6.45, 7) is 2.00. The van der Waals surface area contributed by atoms with Crippen LogP contribution in [0.15, 0.2) is 47.7 Å². The highest BCUT2D eigenvalue weighted by molar-refractivity contribution is 6.30. The molecule has 3 aromatic heterocycles. The van der Waals surface area contributed by atoms with Crippen molar-refractivity contribution in [1.29, 1.82) is 0 Å². The number of nitrogens with one attached hydrogen (secondary N) is 1. The van der Waals surface area contributed by atoms with Crippen LogP contribution in [0.2, 0.25) is 5.02 Å². The Morgan fingerprint density at radius 2 is 2.00 bits per heavy atom. The van der Waals surface area contributed by atoms with E-state index in [1.165, 1.54) is 23.3 Å². The first-order chi connectivity index (χ1) is 13.5. The van der Waals surface area contributed by atoms with Crippen LogP contribution >= 0.6 is 11.6 Å². The number of carboxylic acid groups (broad SMARTS) is 1. The topological polar surface area (TPSA) is 119 Å². The van der Waals surface area contributed by atoms with Gasteiger partial charge in [0.25, 0.3) is 5.56 Å². The Balaban J connectivity index is 1.80. The zero-order valence-electron chi connectivity index (χ0n) is 14.7. The lowest BCUT2D eigenvalue weighted by atomic mass is 10.0. The molecule has 0 bridgehead atoms. The zero-order valence-corrected chi connectivity index (χ0v) is 15.5. The molecule has 0 saturated carbocycles. The average Bonchev–Trinajstić information content (AvgIpc) is 3.32. The lowest BCUT2D eigenvalue weighted by Crippen LogP contribution is -2.19. The van der Waals surface area contributed by atoms with Crippen LogP contribution in [0.3, 0.4) is 0 Å². The Hall–Kier alpha value is -3.46. The lowest BCUT2D eigenvalue weighted by molar-refractivity contribution is 0.0697. The second kappa shape index (κ2) is 6.93. The summed E-state index contributed by atoms with van der Waals surface area (Å²) in [5.74, 6) is -1.000. The number of carboxylic acids is 1. The minimum absolute atomic E-state index is 0.00720. The number of fused-ring (bicyclic) bond motifs is 1. The van der Waals surface area contributed by atoms with Crippen molar-refractivity contribution in [2.24, 2.45) is 0 Å². The molecule has 0 spiro atoms. The summed E-state index contributed by atoms with van der Waals surface area (Å²) in [6, 6.07) is 7.23. The first-order valence-corrected chi connectivity index (χ1v) is 8.87. The van der Waals surface area contributed by atoms with Crippen LogP contribution in [0.1, 0.15) is 35.3 Å². The van der Waals surface area contributed by atoms with Crippen LogP contribution in [0.4, 0.5) is 0 Å². The monoisotopic (exact) mass is 398 g/mol. The number of hydrogen-bond acceptors (Lipinski definition) is 5. The SMILES string of the molecule is CCC(c1ccc(Cl)cc1)n1ncc2nc(-n3cc(C(=O)O)cn3)[nH]c(=O)c21. The highest BCUT2D eigenvalue weighted by Gasteiger charge is 2.19. The minimum Gasteiger partial charge on any atom is -0.478 e. The van der Waals surface area contributed by atoms with Crippen molar-refractivity contribution in [3.63, 3.8) is 0 Å². The van der Waals surface area contributed by atoms with Crippen molar-refractivity contribution >= 4 is 28.6 Å². The van der Waals surface area contributed by atoms with E-state index in [-0.39, 0.29) is 17.6 Å². The van der Waals surface area contributed by atoms with Crippen molar-refractivity contribution in [1.82, 2.24) is 29.5 Å². The van der Waals surface area contributed by atoms with E-state index in [1.807, 2.05) is 19.1 Å². The maximum Gasteiger partial charge on any atom is 0.338 e. The molecule has 0 aliphatic rings. The van der Waals surface area contributed by atoms with Crippen LogP contribution in [0.5, 0.6) is 0 Å². The second-order valence-corrected chi connectivity index (χ2v) is 6.60. The van der Waals surface area contributed by atoms with Crippen LogP contribution in [0, 0.1) is 0 Å². The summed E-state index contributed by atoms with van der Waals surface area (Å²) < 4.78 is 2.85. The largest absolute Gasteiger partial charge is 0.478 e. The predicted octanol–water partition coefficient (Wildman–Crippen LogP) is 2.66. The van der Waals surface area contributed by atoms with E-state index in [9.17, 15) is 9.59 Å². The number of carbonyl (C=O) groups is 1. The molecule has 1 aromatic carbocycles. The lowest BCUT2D eigenvalue weighted by Gasteiger charge is -2.17. The molecule has 4 rings (SSSR count). The zero-order chi connectivity index (χ0) is 19.8. The van der Waals surface area contributed by atoms with E-state index in [4.69, 9.17) is 16.7 Å². The van der Waals surface area contributed by atoms with E-state index in [1.54, 1.807) is 16.8 Å². The molecular formula is C18H15ClN6O3. The molecule has 2 N–H and O–H groups in total. The Morgan fingerprint density at radius 1 is 1.25 bits per heavy atom. The maximum atomic E-state index is 12.8. The van der Waals surface area contributed by atoms with Gasteiger partial charge in [0.1, 0.15) is 5.52 Å². The van der Waals surface area contributed by atoms with Gasteiger partial charge in [0, 0.05) is 11.2 Å². The van der Waals surface area contributed by atoms with Crippen LogP contribution in [0.25, 0.3) is 17.0 Å². The Labute approximate surface area is 163 Å². The second-order valence-electron chi connectivity index (χ2n) is 6.17. The van der Waals surface area contributed by atoms with Gasteiger partial charge in [0.05, 0.1) is 24.0 Å². The van der Waals surface area contributed by atoms with Crippen LogP contribution in [-0.4, -0.2) is 40.6 Å². The molecular weight excluding hydrogens is 384 g/mol. The summed E-state index contributed by atoms with van der Waals surface area (Å²) in [5, 5.41) is 18.0. The van der Waals surface area contributed by atoms with Crippen molar-refractivity contribution in [2.45, 2.75) is 19.4 Å². The third kappa shape index (κ3) is 3.05. The van der Waals surface area contributed by atoms with Crippen molar-refractivity contribution in [3.05, 3.63) is 69.4 Å². The fraction of sp³-hybridized carbons (Fsp3) is 0.167. The molecule has 0 fully saturated rings. The van der Waals surface area contributed by atoms with E-state index in [2.05, 4.69) is 20.2 Å². The van der Waals surface area contributed by atoms with Gasteiger partial charge in [-0.15, -0.1) is 0 Å². The fourth-order valence-electron chi connectivity index (χ4n) is 3.09. The average molecular weight is 399 g/mol. The molecule has 28 heavy (non-hydrogen) atoms. The van der Waals surface area contributed by atoms with Gasteiger partial charge in [0.15, 0.2) is 5.52 Å². The van der Waals surface area contributed by atoms with Crippen LogP contribution in [-0.2, 0) is 0 Å². The number of halogens is 1. The van der Waals surface area contributed by atoms with Gasteiger partial charge >= 0.3 is 5.97 Å². The van der Waals surface area contributed by atoms with Gasteiger partial charge in [-0.3, -0.25) is 14.5 Å². The highest BCUT2D eigenvalue weighted by Crippen LogP contribution is 2.25. The molecule has 142 valence electrons. The Kier molecular flexibility index (Phi) is 4.44. The van der Waals surface area contributed by atoms with E-state index in [0.717, 1.165) is 5.56 Å². The highest BCUT2D eigenvalue weighted by atomic mass is 35.5. The molecule has 10 heteroatoms. The first kappa shape index (κ1) is 17.9. The molecule has 1 unspecified atom stereocenters. The summed E-state index contributed by atoms with van der Waals surface area (Å²) in [7, 11) is 0. The number of aromatic nitrogens is 6. The summed E-state index contributed by atoms with van der Waals surface area (Å²) >= 11 is 5.97. The molecule has 4 aromatic rings. The number of H-pyrrole nitrogens is 1. The van der Waals surface area contributed by atoms with Crippen molar-refractivity contribution in [2.75, 3.05) is 0 Å². The molecule has 0 aliphatic carbocycles. The molecule has 0 aliphatic heterocycles. The van der Waals surface area contributed by atoms with Gasteiger partial charge in [0.2, 0.25) is 5.95 Å². The normalized spacial score (nSPS) is 12.4. The minimum atomic E-state index is -1.11. The third-order valence-electron chi connectivity index (χ3n) is 4.43. The van der Waals surface area contributed by atoms with E-state index >= 15 is 0 Å². The summed E-state index contributed by atoms with van der Waals surface area (Å²) in [5.41, 5.74) is 1.29. The fourth-order valence-corrected chi connectivity index (χ4v) is 3.21. The standard InChI is InChI=1S/C18H15ClN6O3/c1-2-14(10-3-5-12(19)6-4-10)25-15-13(8-21-25)22-18(23-16(15)26)24-9-11(7-20-24)17(27)28/h3-9,14H,2H2,1H3,(H,27,28)(H,22,23,26). The number of benzene rings is 1. The van der Waals surface area contributed by atoms with Gasteiger partial charge < -0.3 is 5.11 Å². The van der Waals surface area contributed by atoms with E-state index in [0.29, 0.717) is 22.5 Å². The first-order valence-electron chi connectivity index (χ1n) is 8.49. The molecule has 0 radical (unpaired) electrons. The predicted molar refractivity (Wildman–Crippen MR) is 102 cm³/mol. The van der Waals surface area contributed by atoms with Crippen molar-refractivity contribution in [3.8, 4) is 5.95 Å². The van der Waals surface area contributed by atoms with Gasteiger partial charge in [-0.05, 0) is 24.1 Å². The summed E-state index contributed by atoms with van der Waals surface area (Å²) in [6.07, 6.45) is 4.68. The number of aromatic carboxylic acids is 1. The van der Waals surface area contributed by atoms with E-state index < -0.39 is 11.5 Å². The molecule has 3 heterocycles. The van der Waals surface area contributed by atoms with Gasteiger partial charge in [-0.25, -0.2) is 14.5 Å². The van der Waals surface area contributed by atoms with Crippen LogP contribution < -0.4 is 5.56 Å².